The second kappa shape index (κ2) is 6.37. The van der Waals surface area contributed by atoms with Crippen LogP contribution in [0.2, 0.25) is 5.02 Å². The van der Waals surface area contributed by atoms with Crippen LogP contribution in [-0.4, -0.2) is 15.0 Å². The molecule has 1 N–H and O–H groups in total. The van der Waals surface area contributed by atoms with E-state index in [0.29, 0.717) is 22.2 Å². The van der Waals surface area contributed by atoms with Crippen LogP contribution >= 0.6 is 38.9 Å². The minimum Gasteiger partial charge on any atom is -0.210 e. The molecule has 102 valence electrons. The largest absolute Gasteiger partial charge is 0.250 e. The fourth-order valence-corrected chi connectivity index (χ4v) is 4.71. The molecular formula is C12H11BrClNO2S2. The van der Waals surface area contributed by atoms with Gasteiger partial charge >= 0.3 is 0 Å². The standard InChI is InChI=1S/C12H11BrClNO2S2/c13-11-5-6-12(18-11)19(16,17)15-8-7-9-1-3-10(14)4-2-9/h1-6,15H,7-8H2. The maximum atomic E-state index is 11.9. The van der Waals surface area contributed by atoms with Gasteiger partial charge in [0.05, 0.1) is 3.79 Å². The van der Waals surface area contributed by atoms with Crippen LogP contribution in [0.1, 0.15) is 5.56 Å². The Morgan fingerprint density at radius 2 is 1.84 bits per heavy atom. The third-order valence-corrected chi connectivity index (χ3v) is 6.26. The van der Waals surface area contributed by atoms with Gasteiger partial charge in [-0.2, -0.15) is 0 Å². The van der Waals surface area contributed by atoms with Gasteiger partial charge in [-0.1, -0.05) is 23.7 Å². The summed E-state index contributed by atoms with van der Waals surface area (Å²) in [5, 5.41) is 0.674. The molecule has 0 radical (unpaired) electrons. The van der Waals surface area contributed by atoms with Gasteiger partial charge in [0.15, 0.2) is 0 Å². The highest BCUT2D eigenvalue weighted by Crippen LogP contribution is 2.25. The summed E-state index contributed by atoms with van der Waals surface area (Å²) in [5.74, 6) is 0. The van der Waals surface area contributed by atoms with E-state index >= 15 is 0 Å². The molecule has 2 aromatic rings. The van der Waals surface area contributed by atoms with E-state index in [9.17, 15) is 8.42 Å². The van der Waals surface area contributed by atoms with Gasteiger partial charge in [0.25, 0.3) is 0 Å². The maximum Gasteiger partial charge on any atom is 0.250 e. The average molecular weight is 381 g/mol. The zero-order valence-corrected chi connectivity index (χ0v) is 13.7. The number of halogens is 2. The number of hydrogen-bond donors (Lipinski definition) is 1. The van der Waals surface area contributed by atoms with Crippen LogP contribution in [0.3, 0.4) is 0 Å². The fourth-order valence-electron chi connectivity index (χ4n) is 1.49. The van der Waals surface area contributed by atoms with E-state index in [4.69, 9.17) is 11.6 Å². The molecule has 3 nitrogen and oxygen atoms in total. The Labute approximate surface area is 129 Å². The molecule has 2 rings (SSSR count). The molecule has 0 bridgehead atoms. The van der Waals surface area contributed by atoms with Gasteiger partial charge < -0.3 is 0 Å². The predicted molar refractivity (Wildman–Crippen MR) is 82.4 cm³/mol. The van der Waals surface area contributed by atoms with E-state index in [2.05, 4.69) is 20.7 Å². The lowest BCUT2D eigenvalue weighted by molar-refractivity contribution is 0.584. The van der Waals surface area contributed by atoms with Crippen LogP contribution < -0.4 is 4.72 Å². The molecule has 0 aliphatic heterocycles. The molecule has 0 amide bonds. The predicted octanol–water partition coefficient (Wildman–Crippen LogP) is 3.69. The Morgan fingerprint density at radius 3 is 2.42 bits per heavy atom. The first-order valence-corrected chi connectivity index (χ1v) is 8.94. The van der Waals surface area contributed by atoms with Crippen molar-refractivity contribution in [1.82, 2.24) is 4.72 Å². The molecule has 0 atom stereocenters. The lowest BCUT2D eigenvalue weighted by Gasteiger charge is -2.05. The second-order valence-corrected chi connectivity index (χ2v) is 8.73. The van der Waals surface area contributed by atoms with E-state index < -0.39 is 10.0 Å². The van der Waals surface area contributed by atoms with Crippen LogP contribution in [0.15, 0.2) is 44.4 Å². The van der Waals surface area contributed by atoms with Crippen LogP contribution in [0, 0.1) is 0 Å². The quantitative estimate of drug-likeness (QED) is 0.860. The summed E-state index contributed by atoms with van der Waals surface area (Å²) in [7, 11) is -3.41. The zero-order chi connectivity index (χ0) is 13.9. The molecule has 0 saturated carbocycles. The van der Waals surface area contributed by atoms with Gasteiger partial charge in [-0.3, -0.25) is 0 Å². The highest BCUT2D eigenvalue weighted by molar-refractivity contribution is 9.11. The lowest BCUT2D eigenvalue weighted by Crippen LogP contribution is -2.25. The van der Waals surface area contributed by atoms with Crippen LogP contribution in [-0.2, 0) is 16.4 Å². The molecule has 7 heteroatoms. The Morgan fingerprint density at radius 1 is 1.16 bits per heavy atom. The number of thiophene rings is 1. The van der Waals surface area contributed by atoms with E-state index in [1.165, 1.54) is 11.3 Å². The normalized spacial score (nSPS) is 11.7. The number of benzene rings is 1. The average Bonchev–Trinajstić information content (AvgIpc) is 2.79. The number of rotatable bonds is 5. The van der Waals surface area contributed by atoms with E-state index in [0.717, 1.165) is 9.35 Å². The molecule has 0 aliphatic rings. The van der Waals surface area contributed by atoms with Gasteiger partial charge in [-0.15, -0.1) is 11.3 Å². The highest BCUT2D eigenvalue weighted by atomic mass is 79.9. The molecule has 0 saturated heterocycles. The molecular weight excluding hydrogens is 370 g/mol. The minimum atomic E-state index is -3.41. The third kappa shape index (κ3) is 4.29. The zero-order valence-electron chi connectivity index (χ0n) is 9.77. The van der Waals surface area contributed by atoms with Crippen molar-refractivity contribution < 1.29 is 8.42 Å². The summed E-state index contributed by atoms with van der Waals surface area (Å²) in [6.07, 6.45) is 0.628. The lowest BCUT2D eigenvalue weighted by atomic mass is 10.2. The molecule has 1 aromatic heterocycles. The number of sulfonamides is 1. The van der Waals surface area contributed by atoms with Crippen LogP contribution in [0.4, 0.5) is 0 Å². The summed E-state index contributed by atoms with van der Waals surface area (Å²) in [4.78, 5) is 0. The van der Waals surface area contributed by atoms with Gasteiger partial charge in [0.1, 0.15) is 4.21 Å². The van der Waals surface area contributed by atoms with Crippen molar-refractivity contribution in [1.29, 1.82) is 0 Å². The first-order valence-electron chi connectivity index (χ1n) is 5.47. The van der Waals surface area contributed by atoms with E-state index in [-0.39, 0.29) is 0 Å². The van der Waals surface area contributed by atoms with Gasteiger partial charge in [0.2, 0.25) is 10.0 Å². The molecule has 1 heterocycles. The SMILES string of the molecule is O=S(=O)(NCCc1ccc(Cl)cc1)c1ccc(Br)s1. The summed E-state index contributed by atoms with van der Waals surface area (Å²) in [6.45, 7) is 0.361. The Kier molecular flexibility index (Phi) is 5.03. The fraction of sp³-hybridized carbons (Fsp3) is 0.167. The molecule has 1 aromatic carbocycles. The van der Waals surface area contributed by atoms with Crippen molar-refractivity contribution in [3.63, 3.8) is 0 Å². The van der Waals surface area contributed by atoms with Crippen molar-refractivity contribution >= 4 is 48.9 Å². The topological polar surface area (TPSA) is 46.2 Å². The highest BCUT2D eigenvalue weighted by Gasteiger charge is 2.15. The van der Waals surface area contributed by atoms with Crippen LogP contribution in [0.25, 0.3) is 0 Å². The molecule has 0 aliphatic carbocycles. The smallest absolute Gasteiger partial charge is 0.210 e. The molecule has 0 spiro atoms. The molecule has 0 fully saturated rings. The first-order chi connectivity index (χ1) is 8.97. The van der Waals surface area contributed by atoms with Crippen molar-refractivity contribution in [3.05, 3.63) is 50.8 Å². The summed E-state index contributed by atoms with van der Waals surface area (Å²) >= 11 is 10.2. The van der Waals surface area contributed by atoms with Gasteiger partial charge in [-0.05, 0) is 52.2 Å². The minimum absolute atomic E-state index is 0.315. The molecule has 19 heavy (non-hydrogen) atoms. The Hall–Kier alpha value is -0.400. The van der Waals surface area contributed by atoms with Crippen molar-refractivity contribution in [2.24, 2.45) is 0 Å². The van der Waals surface area contributed by atoms with Crippen molar-refractivity contribution in [2.45, 2.75) is 10.6 Å². The van der Waals surface area contributed by atoms with E-state index in [1.54, 1.807) is 24.3 Å². The van der Waals surface area contributed by atoms with Crippen LogP contribution in [0.5, 0.6) is 0 Å². The Balaban J connectivity index is 1.93. The Bertz CT molecular complexity index is 653. The van der Waals surface area contributed by atoms with Crippen molar-refractivity contribution in [2.75, 3.05) is 6.54 Å². The number of nitrogens with one attached hydrogen (secondary N) is 1. The maximum absolute atomic E-state index is 11.9. The monoisotopic (exact) mass is 379 g/mol. The van der Waals surface area contributed by atoms with E-state index in [1.807, 2.05) is 12.1 Å². The summed E-state index contributed by atoms with van der Waals surface area (Å²) in [6, 6.07) is 10.7. The van der Waals surface area contributed by atoms with Gasteiger partial charge in [-0.25, -0.2) is 13.1 Å². The molecule has 0 unspecified atom stereocenters. The van der Waals surface area contributed by atoms with Crippen molar-refractivity contribution in [3.8, 4) is 0 Å². The second-order valence-electron chi connectivity index (χ2n) is 3.83. The summed E-state index contributed by atoms with van der Waals surface area (Å²) in [5.41, 5.74) is 1.04. The summed E-state index contributed by atoms with van der Waals surface area (Å²) < 4.78 is 27.6. The first kappa shape index (κ1) is 15.0. The van der Waals surface area contributed by atoms with Gasteiger partial charge in [0, 0.05) is 11.6 Å². The third-order valence-electron chi connectivity index (χ3n) is 2.43. The number of hydrogen-bond acceptors (Lipinski definition) is 3.